The zero-order chi connectivity index (χ0) is 9.97. The topological polar surface area (TPSA) is 32.5 Å². The van der Waals surface area contributed by atoms with Gasteiger partial charge in [0.2, 0.25) is 0 Å². The van der Waals surface area contributed by atoms with Crippen molar-refractivity contribution in [1.82, 2.24) is 9.80 Å². The highest BCUT2D eigenvalue weighted by molar-refractivity contribution is 4.85. The van der Waals surface area contributed by atoms with Gasteiger partial charge in [-0.2, -0.15) is 0 Å². The van der Waals surface area contributed by atoms with Gasteiger partial charge in [0.15, 0.2) is 0 Å². The van der Waals surface area contributed by atoms with Gasteiger partial charge in [-0.25, -0.2) is 0 Å². The summed E-state index contributed by atoms with van der Waals surface area (Å²) in [6.45, 7) is 8.24. The molecule has 0 bridgehead atoms. The Kier molecular flexibility index (Phi) is 3.42. The lowest BCUT2D eigenvalue weighted by molar-refractivity contribution is 0.0475. The van der Waals surface area contributed by atoms with Crippen LogP contribution < -0.4 is 5.73 Å². The second kappa shape index (κ2) is 4.60. The van der Waals surface area contributed by atoms with Crippen LogP contribution in [0.25, 0.3) is 0 Å². The molecule has 2 aliphatic rings. The predicted octanol–water partition coefficient (Wildman–Crippen LogP) is 0.504. The smallest absolute Gasteiger partial charge is 0.0223 e. The lowest BCUT2D eigenvalue weighted by Gasteiger charge is -2.44. The van der Waals surface area contributed by atoms with Gasteiger partial charge in [0.25, 0.3) is 0 Å². The Morgan fingerprint density at radius 2 is 2.14 bits per heavy atom. The average molecular weight is 197 g/mol. The summed E-state index contributed by atoms with van der Waals surface area (Å²) in [5, 5.41) is 0. The minimum absolute atomic E-state index is 0.324. The fraction of sp³-hybridized carbons (Fsp3) is 1.00. The summed E-state index contributed by atoms with van der Waals surface area (Å²) in [5.41, 5.74) is 5.84. The van der Waals surface area contributed by atoms with Crippen molar-refractivity contribution in [2.45, 2.75) is 38.3 Å². The lowest BCUT2D eigenvalue weighted by Crippen LogP contribution is -2.56. The van der Waals surface area contributed by atoms with Crippen molar-refractivity contribution in [2.24, 2.45) is 5.73 Å². The molecule has 0 aliphatic carbocycles. The Balaban J connectivity index is 1.83. The predicted molar refractivity (Wildman–Crippen MR) is 59.3 cm³/mol. The summed E-state index contributed by atoms with van der Waals surface area (Å²) >= 11 is 0. The molecule has 2 aliphatic heterocycles. The van der Waals surface area contributed by atoms with Gasteiger partial charge >= 0.3 is 0 Å². The molecule has 0 amide bonds. The van der Waals surface area contributed by atoms with E-state index in [0.717, 1.165) is 12.6 Å². The lowest BCUT2D eigenvalue weighted by atomic mass is 9.99. The molecule has 0 aromatic rings. The molecule has 0 spiro atoms. The number of rotatable bonds is 2. The van der Waals surface area contributed by atoms with E-state index in [4.69, 9.17) is 5.73 Å². The normalized spacial score (nSPS) is 32.6. The Bertz CT molecular complexity index is 181. The van der Waals surface area contributed by atoms with Crippen molar-refractivity contribution in [1.29, 1.82) is 0 Å². The van der Waals surface area contributed by atoms with Gasteiger partial charge < -0.3 is 5.73 Å². The van der Waals surface area contributed by atoms with Gasteiger partial charge in [-0.15, -0.1) is 0 Å². The van der Waals surface area contributed by atoms with Crippen molar-refractivity contribution < 1.29 is 0 Å². The van der Waals surface area contributed by atoms with E-state index in [1.807, 2.05) is 0 Å². The van der Waals surface area contributed by atoms with Gasteiger partial charge in [-0.3, -0.25) is 9.80 Å². The van der Waals surface area contributed by atoms with Crippen LogP contribution >= 0.6 is 0 Å². The van der Waals surface area contributed by atoms with Gasteiger partial charge in [-0.05, 0) is 26.3 Å². The van der Waals surface area contributed by atoms with Crippen molar-refractivity contribution in [2.75, 3.05) is 32.7 Å². The second-order valence-electron chi connectivity index (χ2n) is 4.92. The van der Waals surface area contributed by atoms with E-state index in [2.05, 4.69) is 16.7 Å². The molecule has 2 heterocycles. The SMILES string of the molecule is C[C@@H](N)CN1CCN2CCCCC2C1. The molecule has 14 heavy (non-hydrogen) atoms. The van der Waals surface area contributed by atoms with Crippen molar-refractivity contribution in [3.63, 3.8) is 0 Å². The molecule has 2 saturated heterocycles. The molecule has 0 aromatic carbocycles. The summed E-state index contributed by atoms with van der Waals surface area (Å²) in [7, 11) is 0. The fourth-order valence-corrected chi connectivity index (χ4v) is 2.79. The van der Waals surface area contributed by atoms with E-state index in [1.165, 1.54) is 45.4 Å². The molecule has 2 atom stereocenters. The summed E-state index contributed by atoms with van der Waals surface area (Å²) in [6, 6.07) is 1.15. The quantitative estimate of drug-likeness (QED) is 0.700. The van der Waals surface area contributed by atoms with Crippen LogP contribution in [-0.4, -0.2) is 54.6 Å². The van der Waals surface area contributed by atoms with Crippen molar-refractivity contribution in [3.05, 3.63) is 0 Å². The first-order chi connectivity index (χ1) is 6.75. The molecule has 2 rings (SSSR count). The van der Waals surface area contributed by atoms with E-state index in [0.29, 0.717) is 6.04 Å². The van der Waals surface area contributed by atoms with Crippen LogP contribution in [0, 0.1) is 0 Å². The number of piperazine rings is 1. The summed E-state index contributed by atoms with van der Waals surface area (Å²) in [4.78, 5) is 5.21. The third-order valence-corrected chi connectivity index (χ3v) is 3.47. The molecular formula is C11H23N3. The fourth-order valence-electron chi connectivity index (χ4n) is 2.79. The third-order valence-electron chi connectivity index (χ3n) is 3.47. The standard InChI is InChI=1S/C11H23N3/c1-10(12)8-13-6-7-14-5-3-2-4-11(14)9-13/h10-11H,2-9,12H2,1H3/t10-,11?/m1/s1. The van der Waals surface area contributed by atoms with Gasteiger partial charge in [0.1, 0.15) is 0 Å². The third kappa shape index (κ3) is 2.47. The monoisotopic (exact) mass is 197 g/mol. The van der Waals surface area contributed by atoms with Crippen molar-refractivity contribution in [3.8, 4) is 0 Å². The van der Waals surface area contributed by atoms with E-state index < -0.39 is 0 Å². The molecule has 82 valence electrons. The van der Waals surface area contributed by atoms with Gasteiger partial charge in [0, 0.05) is 38.3 Å². The molecule has 0 saturated carbocycles. The highest BCUT2D eigenvalue weighted by atomic mass is 15.3. The maximum absolute atomic E-state index is 5.84. The zero-order valence-corrected chi connectivity index (χ0v) is 9.28. The molecule has 3 heteroatoms. The van der Waals surface area contributed by atoms with Crippen LogP contribution in [0.3, 0.4) is 0 Å². The first-order valence-electron chi connectivity index (χ1n) is 5.97. The largest absolute Gasteiger partial charge is 0.327 e. The highest BCUT2D eigenvalue weighted by Gasteiger charge is 2.28. The van der Waals surface area contributed by atoms with E-state index in [9.17, 15) is 0 Å². The number of hydrogen-bond acceptors (Lipinski definition) is 3. The Labute approximate surface area is 87.2 Å². The summed E-state index contributed by atoms with van der Waals surface area (Å²) in [5.74, 6) is 0. The van der Waals surface area contributed by atoms with Crippen LogP contribution in [0.2, 0.25) is 0 Å². The van der Waals surface area contributed by atoms with Crippen LogP contribution in [-0.2, 0) is 0 Å². The molecule has 2 fully saturated rings. The minimum Gasteiger partial charge on any atom is -0.327 e. The number of piperidine rings is 1. The molecule has 2 N–H and O–H groups in total. The molecule has 0 aromatic heterocycles. The van der Waals surface area contributed by atoms with Crippen molar-refractivity contribution >= 4 is 0 Å². The van der Waals surface area contributed by atoms with E-state index in [-0.39, 0.29) is 0 Å². The Hall–Kier alpha value is -0.120. The zero-order valence-electron chi connectivity index (χ0n) is 9.28. The number of nitrogens with zero attached hydrogens (tertiary/aromatic N) is 2. The highest BCUT2D eigenvalue weighted by Crippen LogP contribution is 2.20. The first kappa shape index (κ1) is 10.4. The van der Waals surface area contributed by atoms with Crippen LogP contribution in [0.4, 0.5) is 0 Å². The van der Waals surface area contributed by atoms with Gasteiger partial charge in [-0.1, -0.05) is 6.42 Å². The molecule has 3 nitrogen and oxygen atoms in total. The van der Waals surface area contributed by atoms with Crippen LogP contribution in [0.5, 0.6) is 0 Å². The Morgan fingerprint density at radius 1 is 1.29 bits per heavy atom. The van der Waals surface area contributed by atoms with Gasteiger partial charge in [0.05, 0.1) is 0 Å². The van der Waals surface area contributed by atoms with E-state index in [1.54, 1.807) is 0 Å². The van der Waals surface area contributed by atoms with Crippen LogP contribution in [0.1, 0.15) is 26.2 Å². The summed E-state index contributed by atoms with van der Waals surface area (Å²) in [6.07, 6.45) is 4.23. The maximum Gasteiger partial charge on any atom is 0.0223 e. The number of nitrogens with two attached hydrogens (primary N) is 1. The second-order valence-corrected chi connectivity index (χ2v) is 4.92. The number of hydrogen-bond donors (Lipinski definition) is 1. The molecular weight excluding hydrogens is 174 g/mol. The Morgan fingerprint density at radius 3 is 2.93 bits per heavy atom. The molecule has 0 radical (unpaired) electrons. The maximum atomic E-state index is 5.84. The first-order valence-corrected chi connectivity index (χ1v) is 5.97. The average Bonchev–Trinajstić information content (AvgIpc) is 2.17. The molecule has 1 unspecified atom stereocenters. The minimum atomic E-state index is 0.324. The van der Waals surface area contributed by atoms with Crippen LogP contribution in [0.15, 0.2) is 0 Å². The number of fused-ring (bicyclic) bond motifs is 1. The van der Waals surface area contributed by atoms with E-state index >= 15 is 0 Å². The summed E-state index contributed by atoms with van der Waals surface area (Å²) < 4.78 is 0.